The molecule has 2 amide bonds. The van der Waals surface area contributed by atoms with Crippen molar-refractivity contribution in [3.8, 4) is 0 Å². The zero-order chi connectivity index (χ0) is 39.0. The molecule has 9 rings (SSSR count). The van der Waals surface area contributed by atoms with Crippen molar-refractivity contribution in [2.45, 2.75) is 128 Å². The van der Waals surface area contributed by atoms with Crippen LogP contribution in [0.3, 0.4) is 0 Å². The molecule has 5 heterocycles. The summed E-state index contributed by atoms with van der Waals surface area (Å²) >= 11 is 3.51. The summed E-state index contributed by atoms with van der Waals surface area (Å²) < 4.78 is 24.8. The van der Waals surface area contributed by atoms with Crippen LogP contribution in [0, 0.1) is 0 Å². The fraction of sp³-hybridized carbons (Fsp3) is 0.545. The van der Waals surface area contributed by atoms with Crippen LogP contribution in [0.1, 0.15) is 114 Å². The van der Waals surface area contributed by atoms with Crippen LogP contribution in [0.5, 0.6) is 0 Å². The molecule has 0 spiro atoms. The molecule has 0 aromatic carbocycles. The summed E-state index contributed by atoms with van der Waals surface area (Å²) in [4.78, 5) is 37.6. The summed E-state index contributed by atoms with van der Waals surface area (Å²) in [6, 6.07) is 4.31. The van der Waals surface area contributed by atoms with Gasteiger partial charge in [-0.1, -0.05) is 30.4 Å². The van der Waals surface area contributed by atoms with E-state index in [-0.39, 0.29) is 35.6 Å². The quantitative estimate of drug-likeness (QED) is 0.277. The molecule has 0 atom stereocenters. The van der Waals surface area contributed by atoms with E-state index in [9.17, 15) is 9.59 Å². The lowest BCUT2D eigenvalue weighted by molar-refractivity contribution is 0.00578. The van der Waals surface area contributed by atoms with Gasteiger partial charge in [0.25, 0.3) is 0 Å². The largest absolute Gasteiger partial charge is 0.496 e. The number of halogens is 1. The second-order valence-electron chi connectivity index (χ2n) is 17.1. The van der Waals surface area contributed by atoms with Crippen molar-refractivity contribution in [2.24, 2.45) is 0 Å². The standard InChI is InChI=1S/C25H33BN2O4.C19H21BrN2O2/c1-24(2)25(3,4)32-26(31-24)18-15-21-20(9-10-22(21)27-16-18)17-11-13-28(14-12-17)23(29)30-19-7-5-6-8-19;20-14-11-17-16(5-6-18(17)21-12-14)13-7-9-22(10-8-13)19(23)24-15-3-1-2-4-15/h9,11,15-16,19H,5-8,10,12-14H2,1-4H3;5,7,11-12,15H,1-4,6,8-10H2. The molecule has 2 saturated carbocycles. The van der Waals surface area contributed by atoms with Crippen molar-refractivity contribution in [3.05, 3.63) is 87.0 Å². The maximum atomic E-state index is 12.5. The molecule has 7 aliphatic rings. The number of carbonyl (C=O) groups excluding carboxylic acids is 2. The van der Waals surface area contributed by atoms with Crippen LogP contribution in [0.15, 0.2) is 64.4 Å². The Bertz CT molecular complexity index is 1960. The highest BCUT2D eigenvalue weighted by atomic mass is 79.9. The summed E-state index contributed by atoms with van der Waals surface area (Å²) in [5, 5.41) is 0. The van der Waals surface area contributed by atoms with Crippen LogP contribution in [0.2, 0.25) is 0 Å². The summed E-state index contributed by atoms with van der Waals surface area (Å²) in [5.41, 5.74) is 9.91. The minimum atomic E-state index is -0.416. The van der Waals surface area contributed by atoms with Gasteiger partial charge in [0, 0.05) is 72.5 Å². The van der Waals surface area contributed by atoms with Crippen LogP contribution < -0.4 is 5.46 Å². The fourth-order valence-corrected chi connectivity index (χ4v) is 9.04. The molecule has 2 aromatic rings. The minimum absolute atomic E-state index is 0.108. The molecule has 1 saturated heterocycles. The number of nitrogens with zero attached hydrogens (tertiary/aromatic N) is 4. The van der Waals surface area contributed by atoms with Gasteiger partial charge in [0.05, 0.1) is 22.6 Å². The number of pyridine rings is 2. The van der Waals surface area contributed by atoms with Crippen LogP contribution in [0.4, 0.5) is 9.59 Å². The van der Waals surface area contributed by atoms with Crippen molar-refractivity contribution >= 4 is 51.8 Å². The Balaban J connectivity index is 0.000000164. The maximum Gasteiger partial charge on any atom is 0.496 e. The smallest absolute Gasteiger partial charge is 0.446 e. The second kappa shape index (κ2) is 16.3. The van der Waals surface area contributed by atoms with Gasteiger partial charge in [-0.05, 0) is 136 Å². The molecule has 0 radical (unpaired) electrons. The highest BCUT2D eigenvalue weighted by Gasteiger charge is 2.52. The molecule has 0 bridgehead atoms. The molecule has 4 aliphatic carbocycles. The number of hydrogen-bond acceptors (Lipinski definition) is 8. The Morgan fingerprint density at radius 3 is 1.64 bits per heavy atom. The number of fused-ring (bicyclic) bond motifs is 2. The average Bonchev–Trinajstić information content (AvgIpc) is 4.04. The third-order valence-corrected chi connectivity index (χ3v) is 13.2. The Kier molecular flexibility index (Phi) is 11.4. The Morgan fingerprint density at radius 1 is 0.714 bits per heavy atom. The van der Waals surface area contributed by atoms with E-state index in [0.717, 1.165) is 97.6 Å². The van der Waals surface area contributed by atoms with Crippen molar-refractivity contribution < 1.29 is 28.4 Å². The molecule has 3 aliphatic heterocycles. The monoisotopic (exact) mass is 824 g/mol. The molecule has 0 unspecified atom stereocenters. The zero-order valence-electron chi connectivity index (χ0n) is 33.3. The molecular weight excluding hydrogens is 771 g/mol. The first-order valence-corrected chi connectivity index (χ1v) is 21.4. The predicted octanol–water partition coefficient (Wildman–Crippen LogP) is 8.53. The Morgan fingerprint density at radius 2 is 1.18 bits per heavy atom. The lowest BCUT2D eigenvalue weighted by Gasteiger charge is -2.32. The summed E-state index contributed by atoms with van der Waals surface area (Å²) in [6.07, 6.45) is 24.7. The van der Waals surface area contributed by atoms with Gasteiger partial charge in [0.1, 0.15) is 12.2 Å². The van der Waals surface area contributed by atoms with Gasteiger partial charge in [-0.25, -0.2) is 9.59 Å². The van der Waals surface area contributed by atoms with Gasteiger partial charge in [0.15, 0.2) is 0 Å². The Hall–Kier alpha value is -3.74. The molecule has 296 valence electrons. The number of ether oxygens (including phenoxy) is 2. The van der Waals surface area contributed by atoms with Crippen molar-refractivity contribution in [1.82, 2.24) is 19.8 Å². The first-order chi connectivity index (χ1) is 26.9. The molecule has 3 fully saturated rings. The first-order valence-electron chi connectivity index (χ1n) is 20.6. The number of rotatable bonds is 5. The molecule has 2 aromatic heterocycles. The minimum Gasteiger partial charge on any atom is -0.446 e. The third-order valence-electron chi connectivity index (χ3n) is 12.8. The SMILES string of the molecule is CC1(C)OB(c2cnc3c(c2)C(C2=CCN(C(=O)OC4CCCC4)CC2)=CC3)OC1(C)C.O=C(OC1CCCC1)N1CC=C(C2=CCc3ncc(Br)cc32)CC1. The lowest BCUT2D eigenvalue weighted by Crippen LogP contribution is -2.41. The van der Waals surface area contributed by atoms with E-state index in [2.05, 4.69) is 85.0 Å². The normalized spacial score (nSPS) is 22.8. The van der Waals surface area contributed by atoms with E-state index in [1.54, 1.807) is 0 Å². The Labute approximate surface area is 340 Å². The van der Waals surface area contributed by atoms with E-state index in [1.807, 2.05) is 22.2 Å². The molecular formula is C44H54BBrN4O6. The van der Waals surface area contributed by atoms with E-state index < -0.39 is 7.12 Å². The summed E-state index contributed by atoms with van der Waals surface area (Å²) in [5.74, 6) is 0. The van der Waals surface area contributed by atoms with E-state index >= 15 is 0 Å². The average molecular weight is 826 g/mol. The van der Waals surface area contributed by atoms with E-state index in [1.165, 1.54) is 40.7 Å². The molecule has 10 nitrogen and oxygen atoms in total. The second-order valence-corrected chi connectivity index (χ2v) is 18.0. The van der Waals surface area contributed by atoms with Crippen LogP contribution >= 0.6 is 15.9 Å². The molecule has 12 heteroatoms. The number of allylic oxidation sites excluding steroid dienone is 4. The van der Waals surface area contributed by atoms with Gasteiger partial charge in [-0.15, -0.1) is 0 Å². The number of hydrogen-bond donors (Lipinski definition) is 0. The summed E-state index contributed by atoms with van der Waals surface area (Å²) in [7, 11) is -0.416. The van der Waals surface area contributed by atoms with Crippen LogP contribution in [-0.4, -0.2) is 88.7 Å². The fourth-order valence-electron chi connectivity index (χ4n) is 8.71. The highest BCUT2D eigenvalue weighted by molar-refractivity contribution is 9.10. The van der Waals surface area contributed by atoms with Gasteiger partial charge >= 0.3 is 19.3 Å². The van der Waals surface area contributed by atoms with Gasteiger partial charge in [-0.3, -0.25) is 9.97 Å². The summed E-state index contributed by atoms with van der Waals surface area (Å²) in [6.45, 7) is 10.9. The third kappa shape index (κ3) is 8.30. The van der Waals surface area contributed by atoms with Crippen molar-refractivity contribution in [2.75, 3.05) is 26.2 Å². The van der Waals surface area contributed by atoms with Crippen molar-refractivity contribution in [1.29, 1.82) is 0 Å². The molecule has 0 N–H and O–H groups in total. The van der Waals surface area contributed by atoms with E-state index in [4.69, 9.17) is 23.8 Å². The maximum absolute atomic E-state index is 12.5. The van der Waals surface area contributed by atoms with Gasteiger partial charge in [-0.2, -0.15) is 0 Å². The van der Waals surface area contributed by atoms with Crippen molar-refractivity contribution in [3.63, 3.8) is 0 Å². The highest BCUT2D eigenvalue weighted by Crippen LogP contribution is 2.39. The van der Waals surface area contributed by atoms with Crippen LogP contribution in [0.25, 0.3) is 11.1 Å². The van der Waals surface area contributed by atoms with E-state index in [0.29, 0.717) is 19.6 Å². The molecule has 56 heavy (non-hydrogen) atoms. The number of carbonyl (C=O) groups is 2. The number of amides is 2. The lowest BCUT2D eigenvalue weighted by atomic mass is 9.78. The predicted molar refractivity (Wildman–Crippen MR) is 221 cm³/mol. The first kappa shape index (κ1) is 39.1. The van der Waals surface area contributed by atoms with Gasteiger partial charge < -0.3 is 28.6 Å². The zero-order valence-corrected chi connectivity index (χ0v) is 34.9. The van der Waals surface area contributed by atoms with Crippen LogP contribution in [-0.2, 0) is 31.6 Å². The van der Waals surface area contributed by atoms with Gasteiger partial charge in [0.2, 0.25) is 0 Å². The topological polar surface area (TPSA) is 103 Å². The number of aromatic nitrogens is 2.